The Morgan fingerprint density at radius 2 is 0.860 bits per heavy atom. The van der Waals surface area contributed by atoms with E-state index in [1.807, 2.05) is 0 Å². The number of hydrogen-bond acceptors (Lipinski definition) is 9. The lowest BCUT2D eigenvalue weighted by Crippen LogP contribution is -2.29. The van der Waals surface area contributed by atoms with Crippen molar-refractivity contribution in [3.8, 4) is 0 Å². The van der Waals surface area contributed by atoms with E-state index in [0.717, 1.165) is 32.1 Å². The minimum Gasteiger partial charge on any atom is -0.462 e. The predicted octanol–water partition coefficient (Wildman–Crippen LogP) is 10.3. The minimum atomic E-state index is -4.60. The minimum absolute atomic E-state index is 0.191. The smallest absolute Gasteiger partial charge is 0.462 e. The Hall–Kier alpha value is -1.03. The summed E-state index contributed by atoms with van der Waals surface area (Å²) >= 11 is 0. The van der Waals surface area contributed by atoms with E-state index in [4.69, 9.17) is 19.1 Å². The first kappa shape index (κ1) is 49.0. The third-order valence-corrected chi connectivity index (χ3v) is 9.96. The number of phosphoric acid groups is 1. The maximum Gasteiger partial charge on any atom is 0.472 e. The van der Waals surface area contributed by atoms with Gasteiger partial charge in [-0.15, -0.1) is 0 Å². The third kappa shape index (κ3) is 35.4. The van der Waals surface area contributed by atoms with Crippen molar-refractivity contribution >= 4 is 19.8 Å². The number of carbonyl (C=O) groups excluding carboxylic acids is 2. The van der Waals surface area contributed by atoms with Crippen molar-refractivity contribution in [2.75, 3.05) is 26.4 Å². The average molecular weight is 737 g/mol. The number of esters is 2. The summed E-state index contributed by atoms with van der Waals surface area (Å²) in [4.78, 5) is 34.8. The van der Waals surface area contributed by atoms with E-state index in [1.54, 1.807) is 0 Å². The molecule has 298 valence electrons. The molecule has 0 aliphatic carbocycles. The lowest BCUT2D eigenvalue weighted by atomic mass is 10.0. The van der Waals surface area contributed by atoms with Crippen LogP contribution in [0.3, 0.4) is 0 Å². The lowest BCUT2D eigenvalue weighted by Gasteiger charge is -2.20. The van der Waals surface area contributed by atoms with Crippen LogP contribution in [0.15, 0.2) is 0 Å². The molecule has 0 aromatic heterocycles. The molecule has 0 amide bonds. The molecule has 50 heavy (non-hydrogen) atoms. The van der Waals surface area contributed by atoms with Gasteiger partial charge in [-0.1, -0.05) is 174 Å². The van der Waals surface area contributed by atoms with E-state index in [2.05, 4.69) is 18.4 Å². The number of rotatable bonds is 39. The number of phosphoric ester groups is 1. The zero-order valence-corrected chi connectivity index (χ0v) is 33.0. The summed E-state index contributed by atoms with van der Waals surface area (Å²) in [5.41, 5.74) is 0. The molecule has 0 saturated carbocycles. The van der Waals surface area contributed by atoms with E-state index < -0.39 is 51.8 Å². The quantitative estimate of drug-likeness (QED) is 0.0316. The SMILES string of the molecule is CCCCCCCCCCCCCCCCCCC(=O)OC[C@H](COP(=O)(O)OC[C@H](O)CO)OC(=O)CCCCCCCCCCCCC. The van der Waals surface area contributed by atoms with E-state index in [-0.39, 0.29) is 19.4 Å². The van der Waals surface area contributed by atoms with Crippen LogP contribution < -0.4 is 0 Å². The van der Waals surface area contributed by atoms with Gasteiger partial charge in [0.1, 0.15) is 12.7 Å². The van der Waals surface area contributed by atoms with Crippen molar-refractivity contribution in [3.05, 3.63) is 0 Å². The monoisotopic (exact) mass is 737 g/mol. The molecule has 0 aliphatic rings. The highest BCUT2D eigenvalue weighted by atomic mass is 31.2. The number of ether oxygens (including phenoxy) is 2. The standard InChI is InChI=1S/C39H77O10P/c1-3-5-7-9-11-13-15-16-17-18-19-21-22-24-26-28-30-38(42)46-34-37(35-48-50(44,45)47-33-36(41)32-40)49-39(43)31-29-27-25-23-20-14-12-10-8-6-4-2/h36-37,40-41H,3-35H2,1-2H3,(H,44,45)/t36-,37-/m1/s1. The summed E-state index contributed by atoms with van der Waals surface area (Å²) in [6, 6.07) is 0. The zero-order valence-electron chi connectivity index (χ0n) is 32.1. The van der Waals surface area contributed by atoms with Crippen molar-refractivity contribution < 1.29 is 47.8 Å². The summed E-state index contributed by atoms with van der Waals surface area (Å²) in [6.07, 6.45) is 30.7. The maximum atomic E-state index is 12.5. The Balaban J connectivity index is 4.25. The topological polar surface area (TPSA) is 149 Å². The summed E-state index contributed by atoms with van der Waals surface area (Å²) in [6.45, 7) is 2.39. The molecular weight excluding hydrogens is 659 g/mol. The Labute approximate surface area is 305 Å². The van der Waals surface area contributed by atoms with Gasteiger partial charge in [-0.05, 0) is 12.8 Å². The van der Waals surface area contributed by atoms with Gasteiger partial charge < -0.3 is 24.6 Å². The van der Waals surface area contributed by atoms with Gasteiger partial charge in [0.25, 0.3) is 0 Å². The summed E-state index contributed by atoms with van der Waals surface area (Å²) in [5.74, 6) is -0.913. The van der Waals surface area contributed by atoms with Gasteiger partial charge in [0.2, 0.25) is 0 Å². The first-order chi connectivity index (χ1) is 24.2. The molecule has 3 atom stereocenters. The molecule has 11 heteroatoms. The van der Waals surface area contributed by atoms with Crippen LogP contribution in [0.4, 0.5) is 0 Å². The number of hydrogen-bond donors (Lipinski definition) is 3. The molecule has 0 radical (unpaired) electrons. The van der Waals surface area contributed by atoms with Crippen molar-refractivity contribution in [1.29, 1.82) is 0 Å². The van der Waals surface area contributed by atoms with Crippen molar-refractivity contribution in [3.63, 3.8) is 0 Å². The third-order valence-electron chi connectivity index (χ3n) is 9.01. The molecule has 0 heterocycles. The largest absolute Gasteiger partial charge is 0.472 e. The molecule has 10 nitrogen and oxygen atoms in total. The Morgan fingerprint density at radius 1 is 0.520 bits per heavy atom. The molecule has 0 rings (SSSR count). The van der Waals surface area contributed by atoms with Gasteiger partial charge >= 0.3 is 19.8 Å². The molecule has 0 aromatic rings. The van der Waals surface area contributed by atoms with Crippen molar-refractivity contribution in [2.24, 2.45) is 0 Å². The van der Waals surface area contributed by atoms with Crippen LogP contribution in [0, 0.1) is 0 Å². The van der Waals surface area contributed by atoms with Crippen molar-refractivity contribution in [1.82, 2.24) is 0 Å². The first-order valence-electron chi connectivity index (χ1n) is 20.5. The average Bonchev–Trinajstić information content (AvgIpc) is 3.10. The highest BCUT2D eigenvalue weighted by molar-refractivity contribution is 7.47. The highest BCUT2D eigenvalue weighted by Crippen LogP contribution is 2.43. The summed E-state index contributed by atoms with van der Waals surface area (Å²) in [5, 5.41) is 18.3. The van der Waals surface area contributed by atoms with Crippen LogP contribution in [0.25, 0.3) is 0 Å². The van der Waals surface area contributed by atoms with Gasteiger partial charge in [-0.25, -0.2) is 4.57 Å². The molecule has 0 saturated heterocycles. The van der Waals surface area contributed by atoms with E-state index in [9.17, 15) is 24.2 Å². The second kappa shape index (κ2) is 36.3. The fourth-order valence-corrected chi connectivity index (χ4v) is 6.61. The van der Waals surface area contributed by atoms with Crippen LogP contribution in [-0.2, 0) is 32.7 Å². The fraction of sp³-hybridized carbons (Fsp3) is 0.949. The lowest BCUT2D eigenvalue weighted by molar-refractivity contribution is -0.161. The zero-order chi connectivity index (χ0) is 37.0. The maximum absolute atomic E-state index is 12.5. The Bertz CT molecular complexity index is 812. The molecule has 3 N–H and O–H groups in total. The number of unbranched alkanes of at least 4 members (excludes halogenated alkanes) is 25. The normalized spacial score (nSPS) is 13.9. The van der Waals surface area contributed by atoms with Crippen molar-refractivity contribution in [2.45, 2.75) is 212 Å². The Kier molecular flexibility index (Phi) is 35.6. The number of aliphatic hydroxyl groups is 2. The van der Waals surface area contributed by atoms with Gasteiger partial charge in [0.05, 0.1) is 19.8 Å². The number of aliphatic hydroxyl groups excluding tert-OH is 2. The Morgan fingerprint density at radius 3 is 1.24 bits per heavy atom. The van der Waals surface area contributed by atoms with Crippen LogP contribution in [-0.4, -0.2) is 65.7 Å². The van der Waals surface area contributed by atoms with Crippen LogP contribution >= 0.6 is 7.82 Å². The van der Waals surface area contributed by atoms with Gasteiger partial charge in [-0.3, -0.25) is 18.6 Å². The van der Waals surface area contributed by atoms with Crippen LogP contribution in [0.5, 0.6) is 0 Å². The van der Waals surface area contributed by atoms with Crippen LogP contribution in [0.2, 0.25) is 0 Å². The molecule has 0 fully saturated rings. The summed E-state index contributed by atoms with van der Waals surface area (Å²) in [7, 11) is -4.60. The second-order valence-electron chi connectivity index (χ2n) is 14.0. The molecule has 0 bridgehead atoms. The van der Waals surface area contributed by atoms with Gasteiger partial charge in [0, 0.05) is 12.8 Å². The van der Waals surface area contributed by atoms with E-state index >= 15 is 0 Å². The van der Waals surface area contributed by atoms with Crippen LogP contribution in [0.1, 0.15) is 200 Å². The molecule has 1 unspecified atom stereocenters. The highest BCUT2D eigenvalue weighted by Gasteiger charge is 2.27. The second-order valence-corrected chi connectivity index (χ2v) is 15.5. The van der Waals surface area contributed by atoms with E-state index in [1.165, 1.54) is 128 Å². The van der Waals surface area contributed by atoms with Gasteiger partial charge in [-0.2, -0.15) is 0 Å². The predicted molar refractivity (Wildman–Crippen MR) is 201 cm³/mol. The molecular formula is C39H77O10P. The molecule has 0 aliphatic heterocycles. The summed E-state index contributed by atoms with van der Waals surface area (Å²) < 4.78 is 32.6. The number of carbonyl (C=O) groups is 2. The molecule has 0 aromatic carbocycles. The van der Waals surface area contributed by atoms with E-state index in [0.29, 0.717) is 12.8 Å². The molecule has 0 spiro atoms. The first-order valence-corrected chi connectivity index (χ1v) is 22.0. The van der Waals surface area contributed by atoms with Gasteiger partial charge in [0.15, 0.2) is 6.10 Å². The fourth-order valence-electron chi connectivity index (χ4n) is 5.82.